The summed E-state index contributed by atoms with van der Waals surface area (Å²) in [6, 6.07) is 12.6. The summed E-state index contributed by atoms with van der Waals surface area (Å²) >= 11 is 3.39. The topological polar surface area (TPSA) is 46.2 Å². The quantitative estimate of drug-likeness (QED) is 0.194. The molecule has 5 heteroatoms. The fraction of sp³-hybridized carbons (Fsp3) is 0.448. The molecule has 0 saturated heterocycles. The Morgan fingerprint density at radius 3 is 2.41 bits per heavy atom. The first-order valence-electron chi connectivity index (χ1n) is 12.5. The van der Waals surface area contributed by atoms with Crippen molar-refractivity contribution in [1.29, 1.82) is 0 Å². The molecule has 186 valence electrons. The highest BCUT2D eigenvalue weighted by Crippen LogP contribution is 2.28. The minimum atomic E-state index is -3.57. The van der Waals surface area contributed by atoms with Crippen LogP contribution in [0.2, 0.25) is 0 Å². The van der Waals surface area contributed by atoms with Crippen molar-refractivity contribution in [3.05, 3.63) is 81.9 Å². The summed E-state index contributed by atoms with van der Waals surface area (Å²) in [5.74, 6) is 0.761. The average molecular weight is 547 g/mol. The van der Waals surface area contributed by atoms with Gasteiger partial charge >= 0.3 is 0 Å². The van der Waals surface area contributed by atoms with E-state index >= 15 is 0 Å². The minimum absolute atomic E-state index is 0.327. The van der Waals surface area contributed by atoms with E-state index in [1.54, 1.807) is 30.3 Å². The first-order chi connectivity index (χ1) is 16.3. The van der Waals surface area contributed by atoms with Gasteiger partial charge in [0, 0.05) is 4.47 Å². The van der Waals surface area contributed by atoms with Crippen molar-refractivity contribution in [2.24, 2.45) is 5.92 Å². The maximum Gasteiger partial charge on any atom is 0.206 e. The maximum atomic E-state index is 13.4. The lowest BCUT2D eigenvalue weighted by molar-refractivity contribution is 0.453. The minimum Gasteiger partial charge on any atom is -0.316 e. The summed E-state index contributed by atoms with van der Waals surface area (Å²) in [5.41, 5.74) is 3.08. The van der Waals surface area contributed by atoms with Gasteiger partial charge in [-0.3, -0.25) is 0 Å². The van der Waals surface area contributed by atoms with Crippen molar-refractivity contribution in [1.82, 2.24) is 5.32 Å². The van der Waals surface area contributed by atoms with E-state index in [0.29, 0.717) is 16.2 Å². The number of sulfone groups is 1. The molecule has 0 fully saturated rings. The van der Waals surface area contributed by atoms with E-state index in [0.717, 1.165) is 53.9 Å². The number of nitrogens with one attached hydrogen (secondary N) is 1. The molecular weight excluding hydrogens is 506 g/mol. The van der Waals surface area contributed by atoms with Gasteiger partial charge in [0.15, 0.2) is 0 Å². The van der Waals surface area contributed by atoms with Crippen LogP contribution in [0.1, 0.15) is 64.0 Å². The van der Waals surface area contributed by atoms with E-state index < -0.39 is 9.84 Å². The van der Waals surface area contributed by atoms with Crippen LogP contribution < -0.4 is 5.32 Å². The van der Waals surface area contributed by atoms with Crippen LogP contribution in [0.5, 0.6) is 0 Å². The Morgan fingerprint density at radius 1 is 1.06 bits per heavy atom. The Hall–Kier alpha value is -1.69. The van der Waals surface area contributed by atoms with Crippen molar-refractivity contribution in [3.8, 4) is 0 Å². The molecule has 0 aliphatic heterocycles. The van der Waals surface area contributed by atoms with E-state index in [-0.39, 0.29) is 0 Å². The predicted octanol–water partition coefficient (Wildman–Crippen LogP) is 7.83. The Bertz CT molecular complexity index is 1050. The molecule has 0 aliphatic carbocycles. The third kappa shape index (κ3) is 8.83. The predicted molar refractivity (Wildman–Crippen MR) is 148 cm³/mol. The van der Waals surface area contributed by atoms with E-state index in [9.17, 15) is 8.42 Å². The number of rotatable bonds is 14. The summed E-state index contributed by atoms with van der Waals surface area (Å²) in [6.45, 7) is 10.6. The first-order valence-corrected chi connectivity index (χ1v) is 14.8. The number of benzene rings is 2. The van der Waals surface area contributed by atoms with Gasteiger partial charge in [-0.2, -0.15) is 0 Å². The number of allylic oxidation sites excluding steroid dienone is 3. The molecule has 0 spiro atoms. The third-order valence-corrected chi connectivity index (χ3v) is 8.57. The molecule has 1 N–H and O–H groups in total. The van der Waals surface area contributed by atoms with Crippen LogP contribution >= 0.6 is 15.9 Å². The molecular formula is C29H40BrNO2S. The highest BCUT2D eigenvalue weighted by molar-refractivity contribution is 9.10. The van der Waals surface area contributed by atoms with E-state index in [2.05, 4.69) is 60.2 Å². The summed E-state index contributed by atoms with van der Waals surface area (Å²) in [6.07, 6.45) is 12.6. The highest BCUT2D eigenvalue weighted by Gasteiger charge is 2.21. The number of hydrogen-bond acceptors (Lipinski definition) is 3. The largest absolute Gasteiger partial charge is 0.316 e. The van der Waals surface area contributed by atoms with E-state index in [1.165, 1.54) is 18.4 Å². The Balaban J connectivity index is 2.08. The van der Waals surface area contributed by atoms with Gasteiger partial charge in [-0.1, -0.05) is 85.5 Å². The highest BCUT2D eigenvalue weighted by atomic mass is 79.9. The van der Waals surface area contributed by atoms with Gasteiger partial charge in [-0.25, -0.2) is 8.42 Å². The zero-order valence-corrected chi connectivity index (χ0v) is 23.5. The second-order valence-electron chi connectivity index (χ2n) is 8.83. The third-order valence-electron chi connectivity index (χ3n) is 6.19. The number of halogens is 1. The lowest BCUT2D eigenvalue weighted by Gasteiger charge is -2.13. The molecule has 3 nitrogen and oxygen atoms in total. The molecule has 0 bridgehead atoms. The van der Waals surface area contributed by atoms with Crippen LogP contribution in [0, 0.1) is 12.8 Å². The molecule has 0 aliphatic rings. The molecule has 2 aromatic carbocycles. The fourth-order valence-electron chi connectivity index (χ4n) is 3.96. The maximum absolute atomic E-state index is 13.4. The van der Waals surface area contributed by atoms with E-state index in [1.807, 2.05) is 19.1 Å². The molecule has 0 radical (unpaired) electrons. The SMILES string of the molecule is CC/C=C(\C=C/CCNCC(CC)CC)CCc1ccc(C)cc1S(=O)(=O)c1ccc(Br)cc1. The van der Waals surface area contributed by atoms with Crippen molar-refractivity contribution in [3.63, 3.8) is 0 Å². The van der Waals surface area contributed by atoms with Crippen LogP contribution in [0.3, 0.4) is 0 Å². The van der Waals surface area contributed by atoms with Gasteiger partial charge < -0.3 is 5.32 Å². The molecule has 2 aromatic rings. The van der Waals surface area contributed by atoms with Gasteiger partial charge in [-0.05, 0) is 93.1 Å². The Labute approximate surface area is 215 Å². The molecule has 0 heterocycles. The molecule has 0 amide bonds. The normalized spacial score (nSPS) is 12.7. The van der Waals surface area contributed by atoms with Gasteiger partial charge in [-0.15, -0.1) is 0 Å². The summed E-state index contributed by atoms with van der Waals surface area (Å²) in [4.78, 5) is 0.743. The number of hydrogen-bond donors (Lipinski definition) is 1. The summed E-state index contributed by atoms with van der Waals surface area (Å²) in [7, 11) is -3.57. The zero-order valence-electron chi connectivity index (χ0n) is 21.1. The van der Waals surface area contributed by atoms with Crippen LogP contribution in [0.4, 0.5) is 0 Å². The first kappa shape index (κ1) is 28.5. The smallest absolute Gasteiger partial charge is 0.206 e. The number of aryl methyl sites for hydroxylation is 2. The van der Waals surface area contributed by atoms with Crippen LogP contribution in [0.25, 0.3) is 0 Å². The lowest BCUT2D eigenvalue weighted by Crippen LogP contribution is -2.22. The lowest BCUT2D eigenvalue weighted by atomic mass is 10.0. The molecule has 2 rings (SSSR count). The Kier molecular flexibility index (Phi) is 12.3. The van der Waals surface area contributed by atoms with Gasteiger partial charge in [0.2, 0.25) is 9.84 Å². The van der Waals surface area contributed by atoms with Gasteiger partial charge in [0.1, 0.15) is 0 Å². The van der Waals surface area contributed by atoms with Gasteiger partial charge in [0.25, 0.3) is 0 Å². The molecule has 0 unspecified atom stereocenters. The second kappa shape index (κ2) is 14.7. The van der Waals surface area contributed by atoms with Crippen molar-refractivity contribution in [2.45, 2.75) is 76.0 Å². The molecule has 34 heavy (non-hydrogen) atoms. The van der Waals surface area contributed by atoms with Crippen LogP contribution in [-0.4, -0.2) is 21.5 Å². The standard InChI is InChI=1S/C29H40BrNO2S/c1-5-10-25(11-8-9-20-31-22-24(6-2)7-3)13-15-26-14-12-23(4)21-29(26)34(32,33)28-18-16-27(30)17-19-28/h8,10-12,14,16-19,21,24,31H,5-7,9,13,15,20,22H2,1-4H3/b11-8-,25-10+. The average Bonchev–Trinajstić information content (AvgIpc) is 2.82. The molecule has 0 atom stereocenters. The zero-order chi connectivity index (χ0) is 25.0. The van der Waals surface area contributed by atoms with Crippen LogP contribution in [0.15, 0.2) is 80.5 Å². The molecule has 0 saturated carbocycles. The summed E-state index contributed by atoms with van der Waals surface area (Å²) in [5, 5.41) is 3.56. The van der Waals surface area contributed by atoms with Crippen LogP contribution in [-0.2, 0) is 16.3 Å². The Morgan fingerprint density at radius 2 is 1.76 bits per heavy atom. The van der Waals surface area contributed by atoms with E-state index in [4.69, 9.17) is 0 Å². The summed E-state index contributed by atoms with van der Waals surface area (Å²) < 4.78 is 27.7. The fourth-order valence-corrected chi connectivity index (χ4v) is 5.83. The monoisotopic (exact) mass is 545 g/mol. The van der Waals surface area contributed by atoms with Crippen molar-refractivity contribution < 1.29 is 8.42 Å². The van der Waals surface area contributed by atoms with Crippen molar-refractivity contribution >= 4 is 25.8 Å². The molecule has 0 aromatic heterocycles. The van der Waals surface area contributed by atoms with Gasteiger partial charge in [0.05, 0.1) is 9.79 Å². The van der Waals surface area contributed by atoms with Crippen molar-refractivity contribution in [2.75, 3.05) is 13.1 Å². The second-order valence-corrected chi connectivity index (χ2v) is 11.7.